The summed E-state index contributed by atoms with van der Waals surface area (Å²) in [4.78, 5) is 12.1. The first-order chi connectivity index (χ1) is 11.7. The summed E-state index contributed by atoms with van der Waals surface area (Å²) in [6.07, 6.45) is 3.61. The third kappa shape index (κ3) is 5.98. The molecule has 0 spiro atoms. The van der Waals surface area contributed by atoms with E-state index in [1.807, 2.05) is 48.5 Å². The third-order valence-corrected chi connectivity index (χ3v) is 4.30. The number of carbonyl (C=O) groups is 1. The zero-order valence-corrected chi connectivity index (χ0v) is 15.1. The van der Waals surface area contributed by atoms with E-state index in [2.05, 4.69) is 5.32 Å². The van der Waals surface area contributed by atoms with Crippen LogP contribution in [0.15, 0.2) is 48.5 Å². The highest BCUT2D eigenvalue weighted by atomic mass is 35.5. The van der Waals surface area contributed by atoms with E-state index < -0.39 is 0 Å². The third-order valence-electron chi connectivity index (χ3n) is 4.30. The second kappa shape index (κ2) is 9.33. The molecule has 1 fully saturated rings. The maximum absolute atomic E-state index is 12.1. The monoisotopic (exact) mass is 360 g/mol. The van der Waals surface area contributed by atoms with E-state index in [0.29, 0.717) is 25.3 Å². The number of aryl methyl sites for hydroxylation is 1. The minimum Gasteiger partial charge on any atom is -0.493 e. The minimum absolute atomic E-state index is 0. The molecule has 1 saturated carbocycles. The van der Waals surface area contributed by atoms with Crippen LogP contribution in [0.5, 0.6) is 5.75 Å². The van der Waals surface area contributed by atoms with Gasteiger partial charge in [0.25, 0.3) is 0 Å². The number of anilines is 1. The second-order valence-corrected chi connectivity index (χ2v) is 6.34. The van der Waals surface area contributed by atoms with E-state index in [4.69, 9.17) is 10.5 Å². The molecule has 1 aliphatic carbocycles. The molecule has 0 aliphatic heterocycles. The number of para-hydroxylation sites is 2. The summed E-state index contributed by atoms with van der Waals surface area (Å²) in [7, 11) is 0. The number of benzene rings is 2. The predicted octanol–water partition coefficient (Wildman–Crippen LogP) is 3.73. The summed E-state index contributed by atoms with van der Waals surface area (Å²) < 4.78 is 5.87. The van der Waals surface area contributed by atoms with E-state index in [-0.39, 0.29) is 18.3 Å². The molecule has 3 rings (SSSR count). The van der Waals surface area contributed by atoms with Crippen molar-refractivity contribution in [2.75, 3.05) is 12.3 Å². The van der Waals surface area contributed by atoms with Gasteiger partial charge in [0, 0.05) is 24.2 Å². The Morgan fingerprint density at radius 3 is 2.48 bits per heavy atom. The molecule has 25 heavy (non-hydrogen) atoms. The number of amides is 1. The lowest BCUT2D eigenvalue weighted by Gasteiger charge is -2.12. The van der Waals surface area contributed by atoms with Gasteiger partial charge in [0.2, 0.25) is 5.91 Å². The van der Waals surface area contributed by atoms with Gasteiger partial charge in [0.15, 0.2) is 0 Å². The van der Waals surface area contributed by atoms with Crippen molar-refractivity contribution in [2.45, 2.75) is 32.2 Å². The second-order valence-electron chi connectivity index (χ2n) is 6.34. The fourth-order valence-corrected chi connectivity index (χ4v) is 2.58. The summed E-state index contributed by atoms with van der Waals surface area (Å²) in [5.41, 5.74) is 8.68. The van der Waals surface area contributed by atoms with Gasteiger partial charge in [-0.2, -0.15) is 0 Å². The highest BCUT2D eigenvalue weighted by Crippen LogP contribution is 2.30. The molecular formula is C20H25ClN2O2. The Morgan fingerprint density at radius 1 is 1.08 bits per heavy atom. The van der Waals surface area contributed by atoms with Crippen LogP contribution in [0, 0.1) is 5.92 Å². The van der Waals surface area contributed by atoms with Gasteiger partial charge in [-0.1, -0.05) is 36.4 Å². The molecule has 1 aliphatic rings. The molecule has 0 bridgehead atoms. The van der Waals surface area contributed by atoms with E-state index in [1.54, 1.807) is 0 Å². The van der Waals surface area contributed by atoms with Gasteiger partial charge in [-0.25, -0.2) is 0 Å². The van der Waals surface area contributed by atoms with Crippen molar-refractivity contribution < 1.29 is 9.53 Å². The summed E-state index contributed by atoms with van der Waals surface area (Å²) in [6, 6.07) is 15.6. The van der Waals surface area contributed by atoms with Crippen LogP contribution < -0.4 is 15.8 Å². The van der Waals surface area contributed by atoms with Gasteiger partial charge < -0.3 is 15.8 Å². The number of ether oxygens (including phenoxy) is 1. The lowest BCUT2D eigenvalue weighted by molar-refractivity contribution is -0.121. The Hall–Kier alpha value is -2.20. The molecule has 0 aromatic heterocycles. The van der Waals surface area contributed by atoms with Gasteiger partial charge in [-0.05, 0) is 42.9 Å². The van der Waals surface area contributed by atoms with E-state index in [1.165, 1.54) is 12.8 Å². The number of hydrogen-bond donors (Lipinski definition) is 2. The van der Waals surface area contributed by atoms with Crippen LogP contribution >= 0.6 is 12.4 Å². The Balaban J connectivity index is 0.00000225. The van der Waals surface area contributed by atoms with Crippen molar-refractivity contribution in [2.24, 2.45) is 5.92 Å². The van der Waals surface area contributed by atoms with Gasteiger partial charge >= 0.3 is 0 Å². The maximum atomic E-state index is 12.1. The number of hydrogen-bond acceptors (Lipinski definition) is 3. The molecule has 0 atom stereocenters. The van der Waals surface area contributed by atoms with Gasteiger partial charge in [-0.3, -0.25) is 4.79 Å². The topological polar surface area (TPSA) is 64.4 Å². The first kappa shape index (κ1) is 19.1. The van der Waals surface area contributed by atoms with Crippen LogP contribution in [0.3, 0.4) is 0 Å². The Labute approximate surface area is 155 Å². The number of nitrogens with two attached hydrogens (primary N) is 1. The molecule has 0 saturated heterocycles. The van der Waals surface area contributed by atoms with E-state index in [0.717, 1.165) is 29.2 Å². The first-order valence-corrected chi connectivity index (χ1v) is 8.53. The van der Waals surface area contributed by atoms with E-state index >= 15 is 0 Å². The van der Waals surface area contributed by atoms with Crippen molar-refractivity contribution in [3.63, 3.8) is 0 Å². The van der Waals surface area contributed by atoms with E-state index in [9.17, 15) is 4.79 Å². The van der Waals surface area contributed by atoms with Gasteiger partial charge in [0.05, 0.1) is 6.61 Å². The molecule has 4 nitrogen and oxygen atoms in total. The van der Waals surface area contributed by atoms with Crippen molar-refractivity contribution >= 4 is 24.0 Å². The smallest absolute Gasteiger partial charge is 0.220 e. The lowest BCUT2D eigenvalue weighted by Crippen LogP contribution is -2.23. The molecule has 5 heteroatoms. The summed E-state index contributed by atoms with van der Waals surface area (Å²) in [5, 5.41) is 2.97. The molecule has 2 aromatic rings. The van der Waals surface area contributed by atoms with Crippen LogP contribution in [0.4, 0.5) is 5.69 Å². The predicted molar refractivity (Wildman–Crippen MR) is 103 cm³/mol. The average Bonchev–Trinajstić information content (AvgIpc) is 3.42. The number of halogens is 1. The van der Waals surface area contributed by atoms with Gasteiger partial charge in [0.1, 0.15) is 5.75 Å². The zero-order valence-electron chi connectivity index (χ0n) is 14.2. The quantitative estimate of drug-likeness (QED) is 0.705. The van der Waals surface area contributed by atoms with Crippen LogP contribution in [-0.4, -0.2) is 12.5 Å². The standard InChI is InChI=1S/C20H24N2O2.ClH/c21-18-7-3-1-5-16(18)11-12-20(23)22-13-17-6-2-4-8-19(17)24-14-15-9-10-15;/h1-8,15H,9-14,21H2,(H,22,23);1H. The van der Waals surface area contributed by atoms with Crippen molar-refractivity contribution in [3.8, 4) is 5.75 Å². The number of nitrogen functional groups attached to an aromatic ring is 1. The minimum atomic E-state index is 0. The normalized spacial score (nSPS) is 13.0. The SMILES string of the molecule is Cl.Nc1ccccc1CCC(=O)NCc1ccccc1OCC1CC1. The first-order valence-electron chi connectivity index (χ1n) is 8.53. The van der Waals surface area contributed by atoms with Crippen molar-refractivity contribution in [1.82, 2.24) is 5.32 Å². The molecule has 3 N–H and O–H groups in total. The molecule has 2 aromatic carbocycles. The average molecular weight is 361 g/mol. The van der Waals surface area contributed by atoms with Crippen LogP contribution in [0.25, 0.3) is 0 Å². The van der Waals surface area contributed by atoms with Crippen molar-refractivity contribution in [3.05, 3.63) is 59.7 Å². The van der Waals surface area contributed by atoms with Crippen LogP contribution in [0.2, 0.25) is 0 Å². The fourth-order valence-electron chi connectivity index (χ4n) is 2.58. The summed E-state index contributed by atoms with van der Waals surface area (Å²) in [5.74, 6) is 1.61. The highest BCUT2D eigenvalue weighted by Gasteiger charge is 2.22. The fraction of sp³-hybridized carbons (Fsp3) is 0.350. The maximum Gasteiger partial charge on any atom is 0.220 e. The highest BCUT2D eigenvalue weighted by molar-refractivity contribution is 5.85. The number of rotatable bonds is 8. The Morgan fingerprint density at radius 2 is 1.76 bits per heavy atom. The number of nitrogens with one attached hydrogen (secondary N) is 1. The molecule has 0 radical (unpaired) electrons. The Kier molecular flexibility index (Phi) is 7.14. The number of carbonyl (C=O) groups excluding carboxylic acids is 1. The molecular weight excluding hydrogens is 336 g/mol. The lowest BCUT2D eigenvalue weighted by atomic mass is 10.1. The largest absolute Gasteiger partial charge is 0.493 e. The van der Waals surface area contributed by atoms with Crippen LogP contribution in [0.1, 0.15) is 30.4 Å². The Bertz CT molecular complexity index is 702. The molecule has 0 heterocycles. The zero-order chi connectivity index (χ0) is 16.8. The van der Waals surface area contributed by atoms with Crippen LogP contribution in [-0.2, 0) is 17.8 Å². The summed E-state index contributed by atoms with van der Waals surface area (Å²) in [6.45, 7) is 1.27. The molecule has 1 amide bonds. The molecule has 134 valence electrons. The summed E-state index contributed by atoms with van der Waals surface area (Å²) >= 11 is 0. The van der Waals surface area contributed by atoms with Gasteiger partial charge in [-0.15, -0.1) is 12.4 Å². The molecule has 0 unspecified atom stereocenters. The van der Waals surface area contributed by atoms with Crippen molar-refractivity contribution in [1.29, 1.82) is 0 Å².